The van der Waals surface area contributed by atoms with Gasteiger partial charge in [0.15, 0.2) is 5.82 Å². The molecule has 19 heavy (non-hydrogen) atoms. The summed E-state index contributed by atoms with van der Waals surface area (Å²) in [5.41, 5.74) is 3.18. The van der Waals surface area contributed by atoms with Gasteiger partial charge < -0.3 is 5.32 Å². The van der Waals surface area contributed by atoms with Crippen molar-refractivity contribution in [3.8, 4) is 11.5 Å². The number of pyridine rings is 1. The van der Waals surface area contributed by atoms with E-state index in [-0.39, 0.29) is 0 Å². The highest BCUT2D eigenvalue weighted by Crippen LogP contribution is 2.28. The molecule has 0 saturated carbocycles. The molecule has 98 valence electrons. The van der Waals surface area contributed by atoms with Gasteiger partial charge in [0.25, 0.3) is 0 Å². The van der Waals surface area contributed by atoms with Crippen molar-refractivity contribution < 1.29 is 0 Å². The first-order valence-electron chi connectivity index (χ1n) is 6.53. The quantitative estimate of drug-likeness (QED) is 0.934. The fraction of sp³-hybridized carbons (Fsp3) is 0.357. The third-order valence-electron chi connectivity index (χ3n) is 3.23. The maximum atomic E-state index is 5.86. The van der Waals surface area contributed by atoms with Crippen LogP contribution in [-0.4, -0.2) is 21.5 Å². The van der Waals surface area contributed by atoms with E-state index in [4.69, 9.17) is 11.6 Å². The number of hydrogen-bond donors (Lipinski definition) is 1. The van der Waals surface area contributed by atoms with E-state index in [2.05, 4.69) is 27.2 Å². The number of hydrogen-bond acceptors (Lipinski definition) is 4. The lowest BCUT2D eigenvalue weighted by Crippen LogP contribution is -2.07. The van der Waals surface area contributed by atoms with Crippen molar-refractivity contribution in [2.24, 2.45) is 0 Å². The summed E-state index contributed by atoms with van der Waals surface area (Å²) in [6.07, 6.45) is 4.86. The van der Waals surface area contributed by atoms with Crippen molar-refractivity contribution in [3.63, 3.8) is 0 Å². The summed E-state index contributed by atoms with van der Waals surface area (Å²) in [5.74, 6) is 1.63. The molecule has 0 bridgehead atoms. The van der Waals surface area contributed by atoms with Crippen LogP contribution in [0.25, 0.3) is 11.5 Å². The summed E-state index contributed by atoms with van der Waals surface area (Å²) in [4.78, 5) is 13.5. The van der Waals surface area contributed by atoms with Gasteiger partial charge in [-0.1, -0.05) is 11.6 Å². The molecule has 1 aliphatic carbocycles. The SMILES string of the molecule is CCNc1nc(-c2ccc(Cl)cn2)nc2c1CCC2. The zero-order valence-electron chi connectivity index (χ0n) is 10.8. The largest absolute Gasteiger partial charge is 0.370 e. The van der Waals surface area contributed by atoms with Crippen LogP contribution in [0, 0.1) is 0 Å². The van der Waals surface area contributed by atoms with Gasteiger partial charge in [-0.15, -0.1) is 0 Å². The summed E-state index contributed by atoms with van der Waals surface area (Å²) in [6.45, 7) is 2.93. The molecule has 0 aliphatic heterocycles. The van der Waals surface area contributed by atoms with Gasteiger partial charge in [-0.25, -0.2) is 9.97 Å². The van der Waals surface area contributed by atoms with Crippen LogP contribution in [0.2, 0.25) is 5.02 Å². The Bertz CT molecular complexity index is 595. The van der Waals surface area contributed by atoms with Gasteiger partial charge in [-0.2, -0.15) is 0 Å². The molecule has 2 heterocycles. The fourth-order valence-electron chi connectivity index (χ4n) is 2.37. The van der Waals surface area contributed by atoms with Crippen LogP contribution in [-0.2, 0) is 12.8 Å². The topological polar surface area (TPSA) is 50.7 Å². The Morgan fingerprint density at radius 2 is 2.16 bits per heavy atom. The number of anilines is 1. The summed E-state index contributed by atoms with van der Waals surface area (Å²) in [5, 5.41) is 3.95. The van der Waals surface area contributed by atoms with Crippen molar-refractivity contribution in [3.05, 3.63) is 34.6 Å². The Morgan fingerprint density at radius 1 is 1.26 bits per heavy atom. The minimum atomic E-state index is 0.622. The molecule has 0 amide bonds. The average Bonchev–Trinajstić information content (AvgIpc) is 2.88. The fourth-order valence-corrected chi connectivity index (χ4v) is 2.48. The molecule has 1 N–H and O–H groups in total. The number of aromatic nitrogens is 3. The standard InChI is InChI=1S/C14H15ClN4/c1-2-16-13-10-4-3-5-11(10)18-14(19-13)12-7-6-9(15)8-17-12/h6-8H,2-5H2,1H3,(H,16,18,19). The zero-order valence-corrected chi connectivity index (χ0v) is 11.5. The van der Waals surface area contributed by atoms with Crippen LogP contribution >= 0.6 is 11.6 Å². The molecular formula is C14H15ClN4. The molecule has 5 heteroatoms. The van der Waals surface area contributed by atoms with Gasteiger partial charge in [0, 0.05) is 24.0 Å². The van der Waals surface area contributed by atoms with E-state index < -0.39 is 0 Å². The van der Waals surface area contributed by atoms with Crippen molar-refractivity contribution in [2.75, 3.05) is 11.9 Å². The lowest BCUT2D eigenvalue weighted by molar-refractivity contribution is 0.899. The lowest BCUT2D eigenvalue weighted by atomic mass is 10.2. The normalized spacial score (nSPS) is 13.4. The second-order valence-electron chi connectivity index (χ2n) is 4.57. The number of rotatable bonds is 3. The first-order chi connectivity index (χ1) is 9.28. The molecule has 1 aliphatic rings. The van der Waals surface area contributed by atoms with Gasteiger partial charge in [-0.3, -0.25) is 4.98 Å². The zero-order chi connectivity index (χ0) is 13.2. The van der Waals surface area contributed by atoms with Crippen LogP contribution in [0.1, 0.15) is 24.6 Å². The second kappa shape index (κ2) is 5.13. The minimum absolute atomic E-state index is 0.622. The minimum Gasteiger partial charge on any atom is -0.370 e. The van der Waals surface area contributed by atoms with E-state index in [0.717, 1.165) is 43.0 Å². The molecule has 3 rings (SSSR count). The van der Waals surface area contributed by atoms with E-state index in [1.165, 1.54) is 5.56 Å². The average molecular weight is 275 g/mol. The third-order valence-corrected chi connectivity index (χ3v) is 3.46. The van der Waals surface area contributed by atoms with Crippen molar-refractivity contribution in [1.82, 2.24) is 15.0 Å². The van der Waals surface area contributed by atoms with Gasteiger partial charge in [-0.05, 0) is 38.3 Å². The van der Waals surface area contributed by atoms with Crippen molar-refractivity contribution in [1.29, 1.82) is 0 Å². The summed E-state index contributed by atoms with van der Waals surface area (Å²) >= 11 is 5.86. The van der Waals surface area contributed by atoms with Crippen molar-refractivity contribution >= 4 is 17.4 Å². The molecule has 0 saturated heterocycles. The molecule has 0 radical (unpaired) electrons. The first kappa shape index (κ1) is 12.4. The van der Waals surface area contributed by atoms with Gasteiger partial charge in [0.2, 0.25) is 0 Å². The molecule has 2 aromatic heterocycles. The number of halogens is 1. The molecule has 4 nitrogen and oxygen atoms in total. The number of fused-ring (bicyclic) bond motifs is 1. The molecule has 0 atom stereocenters. The number of aryl methyl sites for hydroxylation is 1. The predicted octanol–water partition coefficient (Wildman–Crippen LogP) is 3.11. The highest BCUT2D eigenvalue weighted by molar-refractivity contribution is 6.30. The monoisotopic (exact) mass is 274 g/mol. The lowest BCUT2D eigenvalue weighted by Gasteiger charge is -2.10. The van der Waals surface area contributed by atoms with E-state index in [1.807, 2.05) is 12.1 Å². The highest BCUT2D eigenvalue weighted by atomic mass is 35.5. The molecular weight excluding hydrogens is 260 g/mol. The second-order valence-corrected chi connectivity index (χ2v) is 5.00. The summed E-state index contributed by atoms with van der Waals surface area (Å²) in [6, 6.07) is 3.67. The van der Waals surface area contributed by atoms with Crippen molar-refractivity contribution in [2.45, 2.75) is 26.2 Å². The van der Waals surface area contributed by atoms with Crippen LogP contribution in [0.3, 0.4) is 0 Å². The molecule has 0 spiro atoms. The predicted molar refractivity (Wildman–Crippen MR) is 76.5 cm³/mol. The number of nitrogens with one attached hydrogen (secondary N) is 1. The van der Waals surface area contributed by atoms with Gasteiger partial charge in [0.1, 0.15) is 11.5 Å². The van der Waals surface area contributed by atoms with Crippen LogP contribution in [0.5, 0.6) is 0 Å². The molecule has 0 unspecified atom stereocenters. The van der Waals surface area contributed by atoms with Crippen LogP contribution in [0.15, 0.2) is 18.3 Å². The summed E-state index contributed by atoms with van der Waals surface area (Å²) < 4.78 is 0. The molecule has 0 aromatic carbocycles. The third kappa shape index (κ3) is 2.40. The smallest absolute Gasteiger partial charge is 0.180 e. The van der Waals surface area contributed by atoms with Crippen LogP contribution in [0.4, 0.5) is 5.82 Å². The van der Waals surface area contributed by atoms with E-state index in [0.29, 0.717) is 10.8 Å². The van der Waals surface area contributed by atoms with Crippen LogP contribution < -0.4 is 5.32 Å². The highest BCUT2D eigenvalue weighted by Gasteiger charge is 2.19. The Hall–Kier alpha value is -1.68. The van der Waals surface area contributed by atoms with E-state index >= 15 is 0 Å². The van der Waals surface area contributed by atoms with E-state index in [9.17, 15) is 0 Å². The first-order valence-corrected chi connectivity index (χ1v) is 6.91. The summed E-state index contributed by atoms with van der Waals surface area (Å²) in [7, 11) is 0. The maximum Gasteiger partial charge on any atom is 0.180 e. The Morgan fingerprint density at radius 3 is 2.89 bits per heavy atom. The Balaban J connectivity index is 2.07. The van der Waals surface area contributed by atoms with E-state index in [1.54, 1.807) is 6.20 Å². The number of nitrogens with zero attached hydrogens (tertiary/aromatic N) is 3. The molecule has 0 fully saturated rings. The Labute approximate surface area is 117 Å². The molecule has 2 aromatic rings. The van der Waals surface area contributed by atoms with Gasteiger partial charge >= 0.3 is 0 Å². The maximum absolute atomic E-state index is 5.86. The van der Waals surface area contributed by atoms with Gasteiger partial charge in [0.05, 0.1) is 5.02 Å². The Kier molecular flexibility index (Phi) is 3.34.